The second kappa shape index (κ2) is 6.32. The van der Waals surface area contributed by atoms with Crippen LogP contribution in [-0.4, -0.2) is 67.1 Å². The van der Waals surface area contributed by atoms with Crippen molar-refractivity contribution in [2.24, 2.45) is 0 Å². The first-order valence-electron chi connectivity index (χ1n) is 5.95. The molecule has 0 aromatic rings. The number of alkyl halides is 1. The van der Waals surface area contributed by atoms with E-state index < -0.39 is 20.1 Å². The fourth-order valence-corrected chi connectivity index (χ4v) is 2.91. The van der Waals surface area contributed by atoms with E-state index in [4.69, 9.17) is 4.74 Å². The minimum atomic E-state index is -2.89. The number of hydrogen-bond donors (Lipinski definition) is 0. The average Bonchev–Trinajstić information content (AvgIpc) is 2.30. The topological polar surface area (TPSA) is 80.8 Å². The maximum Gasteiger partial charge on any atom is 0.330 e. The van der Waals surface area contributed by atoms with Crippen molar-refractivity contribution in [3.05, 3.63) is 0 Å². The summed E-state index contributed by atoms with van der Waals surface area (Å²) in [6.45, 7) is 4.29. The maximum atomic E-state index is 11.6. The zero-order valence-corrected chi connectivity index (χ0v) is 13.4. The van der Waals surface area contributed by atoms with Crippen LogP contribution >= 0.6 is 15.9 Å². The predicted molar refractivity (Wildman–Crippen MR) is 74.1 cm³/mol. The molecule has 1 rings (SSSR count). The molecule has 1 fully saturated rings. The van der Waals surface area contributed by atoms with Gasteiger partial charge in [0.15, 0.2) is 19.9 Å². The van der Waals surface area contributed by atoms with Crippen molar-refractivity contribution in [3.8, 4) is 0 Å². The summed E-state index contributed by atoms with van der Waals surface area (Å²) in [4.78, 5) is 24.8. The van der Waals surface area contributed by atoms with Gasteiger partial charge in [0, 0.05) is 19.6 Å². The van der Waals surface area contributed by atoms with Crippen LogP contribution in [0.25, 0.3) is 0 Å². The van der Waals surface area contributed by atoms with Crippen molar-refractivity contribution in [1.82, 2.24) is 4.90 Å². The Morgan fingerprint density at radius 2 is 1.84 bits per heavy atom. The molecular formula is C11H18BrNO5S. The smallest absolute Gasteiger partial charge is 0.330 e. The third kappa shape index (κ3) is 4.85. The van der Waals surface area contributed by atoms with E-state index in [0.29, 0.717) is 19.6 Å². The Labute approximate surface area is 121 Å². The molecule has 8 heteroatoms. The number of halogens is 1. The summed E-state index contributed by atoms with van der Waals surface area (Å²) in [6, 6.07) is 0. The normalized spacial score (nSPS) is 22.5. The number of esters is 1. The van der Waals surface area contributed by atoms with Crippen LogP contribution in [0.15, 0.2) is 0 Å². The molecule has 0 aromatic carbocycles. The monoisotopic (exact) mass is 355 g/mol. The van der Waals surface area contributed by atoms with E-state index in [9.17, 15) is 18.0 Å². The Kier molecular flexibility index (Phi) is 5.52. The maximum absolute atomic E-state index is 11.6. The molecule has 0 aromatic heterocycles. The molecule has 0 spiro atoms. The van der Waals surface area contributed by atoms with Gasteiger partial charge in [-0.2, -0.15) is 0 Å². The quantitative estimate of drug-likeness (QED) is 0.392. The van der Waals surface area contributed by atoms with Crippen LogP contribution < -0.4 is 0 Å². The number of nitrogens with zero attached hydrogens (tertiary/aromatic N) is 1. The van der Waals surface area contributed by atoms with E-state index >= 15 is 0 Å². The second-order valence-corrected chi connectivity index (χ2v) is 8.58. The first-order chi connectivity index (χ1) is 8.65. The lowest BCUT2D eigenvalue weighted by Crippen LogP contribution is -2.43. The van der Waals surface area contributed by atoms with E-state index in [1.54, 1.807) is 0 Å². The molecule has 1 unspecified atom stereocenters. The van der Waals surface area contributed by atoms with Gasteiger partial charge < -0.3 is 4.74 Å². The third-order valence-electron chi connectivity index (χ3n) is 3.12. The molecule has 1 aliphatic heterocycles. The number of ether oxygens (including phenoxy) is 1. The van der Waals surface area contributed by atoms with Gasteiger partial charge in [-0.3, -0.25) is 14.5 Å². The number of rotatable bonds is 5. The molecule has 0 amide bonds. The van der Waals surface area contributed by atoms with Crippen molar-refractivity contribution < 1.29 is 22.7 Å². The molecule has 1 atom stereocenters. The van der Waals surface area contributed by atoms with Crippen LogP contribution in [0.2, 0.25) is 0 Å². The SMILES string of the molecule is CC(=O)C(C)(Br)C(=O)OCCN1CCS(=O)(=O)CC1. The fraction of sp³-hybridized carbons (Fsp3) is 0.818. The lowest BCUT2D eigenvalue weighted by Gasteiger charge is -2.26. The van der Waals surface area contributed by atoms with Crippen molar-refractivity contribution in [2.45, 2.75) is 18.2 Å². The molecule has 1 heterocycles. The summed E-state index contributed by atoms with van der Waals surface area (Å²) < 4.78 is 26.2. The van der Waals surface area contributed by atoms with Crippen molar-refractivity contribution in [2.75, 3.05) is 37.7 Å². The van der Waals surface area contributed by atoms with Crippen LogP contribution in [0.1, 0.15) is 13.8 Å². The summed E-state index contributed by atoms with van der Waals surface area (Å²) >= 11 is 3.04. The average molecular weight is 356 g/mol. The van der Waals surface area contributed by atoms with E-state index in [1.165, 1.54) is 13.8 Å². The molecule has 1 aliphatic rings. The van der Waals surface area contributed by atoms with Crippen molar-refractivity contribution in [3.63, 3.8) is 0 Å². The molecule has 19 heavy (non-hydrogen) atoms. The Morgan fingerprint density at radius 3 is 2.32 bits per heavy atom. The summed E-state index contributed by atoms with van der Waals surface area (Å²) in [5.74, 6) is -0.652. The number of ketones is 1. The second-order valence-electron chi connectivity index (χ2n) is 4.69. The first-order valence-corrected chi connectivity index (χ1v) is 8.56. The molecule has 0 bridgehead atoms. The summed E-state index contributed by atoms with van der Waals surface area (Å²) in [5, 5.41) is 0. The highest BCUT2D eigenvalue weighted by molar-refractivity contribution is 9.10. The van der Waals surface area contributed by atoms with E-state index in [2.05, 4.69) is 15.9 Å². The standard InChI is InChI=1S/C11H18BrNO5S/c1-9(14)11(2,12)10(15)18-6-3-13-4-7-19(16,17)8-5-13/h3-8H2,1-2H3. The minimum Gasteiger partial charge on any atom is -0.463 e. The van der Waals surface area contributed by atoms with Gasteiger partial charge in [0.25, 0.3) is 0 Å². The summed E-state index contributed by atoms with van der Waals surface area (Å²) in [5.41, 5.74) is 0. The molecular weight excluding hydrogens is 338 g/mol. The third-order valence-corrected chi connectivity index (χ3v) is 5.61. The Hall–Kier alpha value is -0.470. The number of hydrogen-bond acceptors (Lipinski definition) is 6. The molecule has 0 radical (unpaired) electrons. The Morgan fingerprint density at radius 1 is 1.32 bits per heavy atom. The van der Waals surface area contributed by atoms with Gasteiger partial charge in [0.2, 0.25) is 0 Å². The van der Waals surface area contributed by atoms with Crippen molar-refractivity contribution in [1.29, 1.82) is 0 Å². The number of Topliss-reactive ketones (excluding diaryl/α,β-unsaturated/α-hetero) is 1. The fourth-order valence-electron chi connectivity index (χ4n) is 1.52. The predicted octanol–water partition coefficient (Wildman–Crippen LogP) is 0.00260. The zero-order chi connectivity index (χ0) is 14.7. The Bertz CT molecular complexity index is 446. The number of carbonyl (C=O) groups is 2. The highest BCUT2D eigenvalue weighted by Gasteiger charge is 2.37. The largest absolute Gasteiger partial charge is 0.463 e. The molecule has 0 N–H and O–H groups in total. The number of carbonyl (C=O) groups excluding carboxylic acids is 2. The van der Waals surface area contributed by atoms with E-state index in [0.717, 1.165) is 0 Å². The molecule has 110 valence electrons. The van der Waals surface area contributed by atoms with Crippen LogP contribution in [0.4, 0.5) is 0 Å². The van der Waals surface area contributed by atoms with Gasteiger partial charge in [-0.1, -0.05) is 15.9 Å². The van der Waals surface area contributed by atoms with Gasteiger partial charge in [-0.25, -0.2) is 8.42 Å². The minimum absolute atomic E-state index is 0.143. The lowest BCUT2D eigenvalue weighted by molar-refractivity contribution is -0.148. The van der Waals surface area contributed by atoms with Crippen molar-refractivity contribution >= 4 is 37.5 Å². The van der Waals surface area contributed by atoms with Crippen LogP contribution in [0, 0.1) is 0 Å². The lowest BCUT2D eigenvalue weighted by atomic mass is 10.1. The number of sulfone groups is 1. The van der Waals surface area contributed by atoms with Gasteiger partial charge in [0.05, 0.1) is 11.5 Å². The first kappa shape index (κ1) is 16.6. The molecule has 6 nitrogen and oxygen atoms in total. The highest BCUT2D eigenvalue weighted by Crippen LogP contribution is 2.20. The van der Waals surface area contributed by atoms with E-state index in [1.807, 2.05) is 4.90 Å². The van der Waals surface area contributed by atoms with Gasteiger partial charge in [-0.05, 0) is 13.8 Å². The summed E-state index contributed by atoms with van der Waals surface area (Å²) in [7, 11) is -2.89. The Balaban J connectivity index is 2.32. The molecule has 1 saturated heterocycles. The molecule has 0 saturated carbocycles. The van der Waals surface area contributed by atoms with Crippen LogP contribution in [-0.2, 0) is 24.2 Å². The summed E-state index contributed by atoms with van der Waals surface area (Å²) in [6.07, 6.45) is 0. The van der Waals surface area contributed by atoms with Crippen LogP contribution in [0.3, 0.4) is 0 Å². The van der Waals surface area contributed by atoms with Gasteiger partial charge >= 0.3 is 5.97 Å². The zero-order valence-electron chi connectivity index (χ0n) is 11.0. The van der Waals surface area contributed by atoms with Gasteiger partial charge in [-0.15, -0.1) is 0 Å². The van der Waals surface area contributed by atoms with E-state index in [-0.39, 0.29) is 23.9 Å². The highest BCUT2D eigenvalue weighted by atomic mass is 79.9. The van der Waals surface area contributed by atoms with Gasteiger partial charge in [0.1, 0.15) is 6.61 Å². The molecule has 0 aliphatic carbocycles. The van der Waals surface area contributed by atoms with Crippen LogP contribution in [0.5, 0.6) is 0 Å².